The first kappa shape index (κ1) is 14.2. The van der Waals surface area contributed by atoms with E-state index in [0.717, 1.165) is 6.54 Å². The molecule has 3 rings (SSSR count). The van der Waals surface area contributed by atoms with Crippen molar-refractivity contribution in [3.8, 4) is 11.4 Å². The minimum Gasteiger partial charge on any atom is -0.366 e. The Labute approximate surface area is 122 Å². The Morgan fingerprint density at radius 2 is 2.05 bits per heavy atom. The molecule has 1 aliphatic rings. The lowest BCUT2D eigenvalue weighted by Crippen LogP contribution is -2.33. The highest BCUT2D eigenvalue weighted by Gasteiger charge is 2.22. The fraction of sp³-hybridized carbons (Fsp3) is 0.385. The van der Waals surface area contributed by atoms with Crippen LogP contribution in [0.5, 0.6) is 0 Å². The molecule has 112 valence electrons. The van der Waals surface area contributed by atoms with Gasteiger partial charge in [-0.1, -0.05) is 5.16 Å². The van der Waals surface area contributed by atoms with E-state index in [1.54, 1.807) is 12.1 Å². The van der Waals surface area contributed by atoms with Crippen LogP contribution < -0.4 is 5.32 Å². The number of nitrogens with zero attached hydrogens (tertiary/aromatic N) is 2. The fourth-order valence-electron chi connectivity index (χ4n) is 2.06. The molecule has 1 saturated heterocycles. The summed E-state index contributed by atoms with van der Waals surface area (Å²) >= 11 is 0. The molecule has 1 aliphatic heterocycles. The van der Waals surface area contributed by atoms with Crippen LogP contribution in [0.2, 0.25) is 0 Å². The first-order valence-electron chi connectivity index (χ1n) is 6.50. The normalized spacial score (nSPS) is 19.6. The zero-order valence-electron chi connectivity index (χ0n) is 11.4. The number of hydrogen-bond acceptors (Lipinski definition) is 7. The Bertz CT molecular complexity index is 718. The van der Waals surface area contributed by atoms with Gasteiger partial charge in [0, 0.05) is 24.9 Å². The summed E-state index contributed by atoms with van der Waals surface area (Å²) in [4.78, 5) is 4.56. The van der Waals surface area contributed by atoms with Crippen LogP contribution in [-0.4, -0.2) is 44.5 Å². The maximum absolute atomic E-state index is 11.4. The fourth-order valence-corrected chi connectivity index (χ4v) is 2.69. The molecule has 0 bridgehead atoms. The van der Waals surface area contributed by atoms with Gasteiger partial charge in [0.15, 0.2) is 9.84 Å². The van der Waals surface area contributed by atoms with Crippen molar-refractivity contribution in [2.45, 2.75) is 11.0 Å². The van der Waals surface area contributed by atoms with E-state index < -0.39 is 9.84 Å². The Morgan fingerprint density at radius 3 is 2.67 bits per heavy atom. The molecule has 0 saturated carbocycles. The standard InChI is InChI=1S/C13H15N3O4S/c1-21(17,18)10-4-2-9(3-5-10)12-15-13(20-16-12)11-8-14-6-7-19-11/h2-5,11,14H,6-8H2,1H3/t11-/m1/s1. The summed E-state index contributed by atoms with van der Waals surface area (Å²) < 4.78 is 33.6. The maximum atomic E-state index is 11.4. The molecular formula is C13H15N3O4S. The van der Waals surface area contributed by atoms with Crippen LogP contribution in [0.4, 0.5) is 0 Å². The van der Waals surface area contributed by atoms with Crippen molar-refractivity contribution in [2.24, 2.45) is 0 Å². The Kier molecular flexibility index (Phi) is 3.75. The summed E-state index contributed by atoms with van der Waals surface area (Å²) in [5.74, 6) is 0.837. The van der Waals surface area contributed by atoms with Crippen LogP contribution in [0.3, 0.4) is 0 Å². The second kappa shape index (κ2) is 5.55. The van der Waals surface area contributed by atoms with Gasteiger partial charge in [0.1, 0.15) is 6.10 Å². The highest BCUT2D eigenvalue weighted by molar-refractivity contribution is 7.90. The zero-order chi connectivity index (χ0) is 14.9. The summed E-state index contributed by atoms with van der Waals surface area (Å²) in [6, 6.07) is 6.37. The van der Waals surface area contributed by atoms with Crippen LogP contribution in [-0.2, 0) is 14.6 Å². The van der Waals surface area contributed by atoms with Gasteiger partial charge >= 0.3 is 0 Å². The van der Waals surface area contributed by atoms with E-state index in [1.807, 2.05) is 0 Å². The number of ether oxygens (including phenoxy) is 1. The predicted octanol–water partition coefficient (Wildman–Crippen LogP) is 0.801. The summed E-state index contributed by atoms with van der Waals surface area (Å²) in [6.45, 7) is 2.05. The highest BCUT2D eigenvalue weighted by Crippen LogP contribution is 2.22. The van der Waals surface area contributed by atoms with Gasteiger partial charge in [-0.25, -0.2) is 8.42 Å². The van der Waals surface area contributed by atoms with E-state index >= 15 is 0 Å². The second-order valence-electron chi connectivity index (χ2n) is 4.82. The molecule has 0 radical (unpaired) electrons. The van der Waals surface area contributed by atoms with Gasteiger partial charge in [0.2, 0.25) is 5.82 Å². The molecule has 0 amide bonds. The molecule has 1 aromatic heterocycles. The van der Waals surface area contributed by atoms with Gasteiger partial charge in [0.05, 0.1) is 11.5 Å². The van der Waals surface area contributed by atoms with E-state index in [4.69, 9.17) is 9.26 Å². The third-order valence-corrected chi connectivity index (χ3v) is 4.31. The van der Waals surface area contributed by atoms with Crippen molar-refractivity contribution in [3.63, 3.8) is 0 Å². The van der Waals surface area contributed by atoms with Crippen molar-refractivity contribution < 1.29 is 17.7 Å². The summed E-state index contributed by atoms with van der Waals surface area (Å²) in [5.41, 5.74) is 0.696. The minimum absolute atomic E-state index is 0.240. The Balaban J connectivity index is 1.82. The largest absolute Gasteiger partial charge is 0.366 e. The molecule has 0 spiro atoms. The summed E-state index contributed by atoms with van der Waals surface area (Å²) in [6.07, 6.45) is 0.928. The summed E-state index contributed by atoms with van der Waals surface area (Å²) in [5, 5.41) is 7.10. The molecule has 7 nitrogen and oxygen atoms in total. The second-order valence-corrected chi connectivity index (χ2v) is 6.83. The predicted molar refractivity (Wildman–Crippen MR) is 74.4 cm³/mol. The minimum atomic E-state index is -3.21. The van der Waals surface area contributed by atoms with Crippen molar-refractivity contribution in [2.75, 3.05) is 26.0 Å². The van der Waals surface area contributed by atoms with Crippen molar-refractivity contribution >= 4 is 9.84 Å². The maximum Gasteiger partial charge on any atom is 0.257 e. The number of hydrogen-bond donors (Lipinski definition) is 1. The van der Waals surface area contributed by atoms with E-state index in [1.165, 1.54) is 18.4 Å². The number of rotatable bonds is 3. The van der Waals surface area contributed by atoms with Crippen molar-refractivity contribution in [3.05, 3.63) is 30.2 Å². The topological polar surface area (TPSA) is 94.3 Å². The van der Waals surface area contributed by atoms with E-state index in [9.17, 15) is 8.42 Å². The molecule has 0 unspecified atom stereocenters. The quantitative estimate of drug-likeness (QED) is 0.896. The lowest BCUT2D eigenvalue weighted by Gasteiger charge is -2.19. The number of morpholine rings is 1. The van der Waals surface area contributed by atoms with Crippen LogP contribution in [0.25, 0.3) is 11.4 Å². The van der Waals surface area contributed by atoms with Gasteiger partial charge in [-0.3, -0.25) is 0 Å². The average molecular weight is 309 g/mol. The molecule has 1 atom stereocenters. The van der Waals surface area contributed by atoms with Gasteiger partial charge in [-0.05, 0) is 24.3 Å². The van der Waals surface area contributed by atoms with Gasteiger partial charge < -0.3 is 14.6 Å². The molecule has 0 aliphatic carbocycles. The molecule has 8 heteroatoms. The lowest BCUT2D eigenvalue weighted by molar-refractivity contribution is 0.00755. The van der Waals surface area contributed by atoms with E-state index in [0.29, 0.717) is 30.4 Å². The molecule has 1 aromatic carbocycles. The number of benzene rings is 1. The van der Waals surface area contributed by atoms with Crippen LogP contribution in [0, 0.1) is 0 Å². The molecule has 1 fully saturated rings. The number of sulfone groups is 1. The van der Waals surface area contributed by atoms with Crippen molar-refractivity contribution in [1.82, 2.24) is 15.5 Å². The highest BCUT2D eigenvalue weighted by atomic mass is 32.2. The third kappa shape index (κ3) is 3.12. The van der Waals surface area contributed by atoms with E-state index in [-0.39, 0.29) is 11.0 Å². The van der Waals surface area contributed by atoms with Gasteiger partial charge in [-0.15, -0.1) is 0 Å². The molecule has 2 aromatic rings. The summed E-state index contributed by atoms with van der Waals surface area (Å²) in [7, 11) is -3.21. The van der Waals surface area contributed by atoms with E-state index in [2.05, 4.69) is 15.5 Å². The van der Waals surface area contributed by atoms with Crippen molar-refractivity contribution in [1.29, 1.82) is 0 Å². The van der Waals surface area contributed by atoms with Gasteiger partial charge in [0.25, 0.3) is 5.89 Å². The van der Waals surface area contributed by atoms with Crippen LogP contribution >= 0.6 is 0 Å². The SMILES string of the molecule is CS(=O)(=O)c1ccc(-c2noc([C@H]3CNCCO3)n2)cc1. The Morgan fingerprint density at radius 1 is 1.29 bits per heavy atom. The molecule has 1 N–H and O–H groups in total. The van der Waals surface area contributed by atoms with Crippen LogP contribution in [0.1, 0.15) is 12.0 Å². The first-order chi connectivity index (χ1) is 10.0. The third-order valence-electron chi connectivity index (χ3n) is 3.19. The zero-order valence-corrected chi connectivity index (χ0v) is 12.3. The molecule has 21 heavy (non-hydrogen) atoms. The van der Waals surface area contributed by atoms with Gasteiger partial charge in [-0.2, -0.15) is 4.98 Å². The number of nitrogens with one attached hydrogen (secondary N) is 1. The molecule has 2 heterocycles. The molecular weight excluding hydrogens is 294 g/mol. The Hall–Kier alpha value is -1.77. The average Bonchev–Trinajstić information content (AvgIpc) is 2.97. The monoisotopic (exact) mass is 309 g/mol. The lowest BCUT2D eigenvalue weighted by atomic mass is 10.2. The van der Waals surface area contributed by atoms with Crippen LogP contribution in [0.15, 0.2) is 33.7 Å². The first-order valence-corrected chi connectivity index (χ1v) is 8.39. The number of aromatic nitrogens is 2. The smallest absolute Gasteiger partial charge is 0.257 e.